The summed E-state index contributed by atoms with van der Waals surface area (Å²) in [7, 11) is 0. The predicted molar refractivity (Wildman–Crippen MR) is 103 cm³/mol. The molecular weight excluding hydrogens is 364 g/mol. The standard InChI is InChI=1S/C21H27ClN2O3/c22-18-7-2-1-5-15(18)14-23-20(26)27-17-9-11-21-10-4-12-24(21)19(25)8-3-6-16(21)13-17/h1-2,5,7,16-17H,3-4,6,8-14H2,(H,23,26)/t16-,17-,21+/m0/s1. The molecule has 1 N–H and O–H groups in total. The van der Waals surface area contributed by atoms with E-state index in [1.54, 1.807) is 0 Å². The number of benzene rings is 1. The lowest BCUT2D eigenvalue weighted by molar-refractivity contribution is -0.138. The molecule has 0 aromatic heterocycles. The van der Waals surface area contributed by atoms with Crippen LogP contribution >= 0.6 is 11.6 Å². The molecule has 3 fully saturated rings. The van der Waals surface area contributed by atoms with Crippen molar-refractivity contribution in [3.05, 3.63) is 34.9 Å². The van der Waals surface area contributed by atoms with Crippen LogP contribution in [0.3, 0.4) is 0 Å². The van der Waals surface area contributed by atoms with Crippen LogP contribution < -0.4 is 5.32 Å². The van der Waals surface area contributed by atoms with E-state index in [2.05, 4.69) is 10.2 Å². The first kappa shape index (κ1) is 18.6. The fourth-order valence-corrected chi connectivity index (χ4v) is 5.56. The van der Waals surface area contributed by atoms with Crippen LogP contribution in [0.25, 0.3) is 0 Å². The Morgan fingerprint density at radius 2 is 2.11 bits per heavy atom. The molecule has 2 heterocycles. The topological polar surface area (TPSA) is 58.6 Å². The summed E-state index contributed by atoms with van der Waals surface area (Å²) in [6.45, 7) is 1.26. The van der Waals surface area contributed by atoms with Crippen molar-refractivity contribution in [2.75, 3.05) is 6.54 Å². The molecule has 5 nitrogen and oxygen atoms in total. The number of hydrogen-bond donors (Lipinski definition) is 1. The van der Waals surface area contributed by atoms with Gasteiger partial charge in [-0.15, -0.1) is 0 Å². The van der Waals surface area contributed by atoms with Crippen LogP contribution in [-0.2, 0) is 16.1 Å². The number of carbonyl (C=O) groups is 2. The van der Waals surface area contributed by atoms with E-state index in [9.17, 15) is 9.59 Å². The quantitative estimate of drug-likeness (QED) is 0.837. The molecule has 1 aliphatic carbocycles. The molecule has 0 bridgehead atoms. The molecule has 1 saturated carbocycles. The highest BCUT2D eigenvalue weighted by atomic mass is 35.5. The molecule has 27 heavy (non-hydrogen) atoms. The zero-order valence-electron chi connectivity index (χ0n) is 15.6. The number of amides is 2. The fraction of sp³-hybridized carbons (Fsp3) is 0.619. The van der Waals surface area contributed by atoms with Gasteiger partial charge in [-0.05, 0) is 62.5 Å². The second-order valence-corrected chi connectivity index (χ2v) is 8.50. The average Bonchev–Trinajstić information content (AvgIpc) is 3.03. The van der Waals surface area contributed by atoms with Crippen LogP contribution in [0.4, 0.5) is 4.79 Å². The van der Waals surface area contributed by atoms with Crippen molar-refractivity contribution in [1.29, 1.82) is 0 Å². The van der Waals surface area contributed by atoms with Gasteiger partial charge in [-0.2, -0.15) is 0 Å². The molecule has 2 saturated heterocycles. The minimum Gasteiger partial charge on any atom is -0.446 e. The lowest BCUT2D eigenvalue weighted by atomic mass is 9.69. The van der Waals surface area contributed by atoms with E-state index in [0.29, 0.717) is 29.8 Å². The third-order valence-corrected chi connectivity index (χ3v) is 7.00. The minimum atomic E-state index is -0.385. The highest BCUT2D eigenvalue weighted by Crippen LogP contribution is 2.49. The molecule has 6 heteroatoms. The summed E-state index contributed by atoms with van der Waals surface area (Å²) in [6, 6.07) is 7.47. The number of ether oxygens (including phenoxy) is 1. The minimum absolute atomic E-state index is 0.0292. The third-order valence-electron chi connectivity index (χ3n) is 6.63. The maximum Gasteiger partial charge on any atom is 0.407 e. The first-order chi connectivity index (χ1) is 13.1. The summed E-state index contributed by atoms with van der Waals surface area (Å²) in [4.78, 5) is 26.9. The molecular formula is C21H27ClN2O3. The van der Waals surface area contributed by atoms with Gasteiger partial charge in [0.25, 0.3) is 0 Å². The Morgan fingerprint density at radius 1 is 1.26 bits per heavy atom. The molecule has 146 valence electrons. The van der Waals surface area contributed by atoms with Gasteiger partial charge in [0.05, 0.1) is 0 Å². The van der Waals surface area contributed by atoms with Gasteiger partial charge >= 0.3 is 6.09 Å². The highest BCUT2D eigenvalue weighted by Gasteiger charge is 2.52. The second-order valence-electron chi connectivity index (χ2n) is 8.09. The van der Waals surface area contributed by atoms with Crippen molar-refractivity contribution in [1.82, 2.24) is 10.2 Å². The molecule has 1 aromatic rings. The summed E-state index contributed by atoms with van der Waals surface area (Å²) in [5.74, 6) is 0.772. The average molecular weight is 391 g/mol. The lowest BCUT2D eigenvalue weighted by Gasteiger charge is -2.48. The van der Waals surface area contributed by atoms with Gasteiger partial charge in [-0.3, -0.25) is 4.79 Å². The van der Waals surface area contributed by atoms with Crippen molar-refractivity contribution in [3.63, 3.8) is 0 Å². The van der Waals surface area contributed by atoms with Gasteiger partial charge in [0.15, 0.2) is 0 Å². The van der Waals surface area contributed by atoms with Gasteiger partial charge in [0.1, 0.15) is 6.10 Å². The van der Waals surface area contributed by atoms with E-state index in [0.717, 1.165) is 57.1 Å². The largest absolute Gasteiger partial charge is 0.446 e. The molecule has 1 spiro atoms. The Bertz CT molecular complexity index is 725. The monoisotopic (exact) mass is 390 g/mol. The molecule has 2 amide bonds. The first-order valence-corrected chi connectivity index (χ1v) is 10.4. The molecule has 4 rings (SSSR count). The number of alkyl carbamates (subject to hydrolysis) is 1. The molecule has 2 aliphatic heterocycles. The number of nitrogens with one attached hydrogen (secondary N) is 1. The fourth-order valence-electron chi connectivity index (χ4n) is 5.36. The summed E-state index contributed by atoms with van der Waals surface area (Å²) in [5.41, 5.74) is 0.907. The van der Waals surface area contributed by atoms with E-state index in [1.165, 1.54) is 0 Å². The predicted octanol–water partition coefficient (Wildman–Crippen LogP) is 4.28. The van der Waals surface area contributed by atoms with E-state index in [1.807, 2.05) is 24.3 Å². The molecule has 1 aromatic carbocycles. The zero-order valence-corrected chi connectivity index (χ0v) is 16.3. The van der Waals surface area contributed by atoms with Gasteiger partial charge in [0, 0.05) is 30.1 Å². The smallest absolute Gasteiger partial charge is 0.407 e. The lowest BCUT2D eigenvalue weighted by Crippen LogP contribution is -2.54. The van der Waals surface area contributed by atoms with Crippen LogP contribution in [0.1, 0.15) is 56.9 Å². The Kier molecular flexibility index (Phi) is 5.31. The van der Waals surface area contributed by atoms with Gasteiger partial charge in [-0.25, -0.2) is 4.79 Å². The van der Waals surface area contributed by atoms with Crippen LogP contribution in [0, 0.1) is 5.92 Å². The van der Waals surface area contributed by atoms with Crippen molar-refractivity contribution in [2.45, 2.75) is 69.6 Å². The Hall–Kier alpha value is -1.75. The maximum atomic E-state index is 12.5. The van der Waals surface area contributed by atoms with Gasteiger partial charge in [0.2, 0.25) is 5.91 Å². The summed E-state index contributed by atoms with van der Waals surface area (Å²) >= 11 is 6.13. The van der Waals surface area contributed by atoms with Crippen molar-refractivity contribution in [2.24, 2.45) is 5.92 Å². The molecule has 0 unspecified atom stereocenters. The second kappa shape index (κ2) is 7.70. The summed E-state index contributed by atoms with van der Waals surface area (Å²) in [5, 5.41) is 3.45. The maximum absolute atomic E-state index is 12.5. The summed E-state index contributed by atoms with van der Waals surface area (Å²) in [6.07, 6.45) is 7.08. The third kappa shape index (κ3) is 3.66. The van der Waals surface area contributed by atoms with Crippen LogP contribution in [0.2, 0.25) is 5.02 Å². The SMILES string of the molecule is O=C(NCc1ccccc1Cl)O[C@H]1CC[C@@]23CCCN2C(=O)CCC[C@H]3C1. The van der Waals surface area contributed by atoms with E-state index >= 15 is 0 Å². The Labute approximate surface area is 165 Å². The van der Waals surface area contributed by atoms with Crippen molar-refractivity contribution in [3.8, 4) is 0 Å². The van der Waals surface area contributed by atoms with Crippen molar-refractivity contribution >= 4 is 23.6 Å². The first-order valence-electron chi connectivity index (χ1n) is 10.1. The van der Waals surface area contributed by atoms with E-state index in [-0.39, 0.29) is 17.7 Å². The van der Waals surface area contributed by atoms with Gasteiger partial charge in [-0.1, -0.05) is 29.8 Å². The molecule has 3 atom stereocenters. The van der Waals surface area contributed by atoms with E-state index < -0.39 is 0 Å². The number of nitrogens with zero attached hydrogens (tertiary/aromatic N) is 1. The van der Waals surface area contributed by atoms with Crippen molar-refractivity contribution < 1.29 is 14.3 Å². The van der Waals surface area contributed by atoms with E-state index in [4.69, 9.17) is 16.3 Å². The zero-order chi connectivity index (χ0) is 18.9. The Morgan fingerprint density at radius 3 is 2.96 bits per heavy atom. The Balaban J connectivity index is 1.35. The number of hydrogen-bond acceptors (Lipinski definition) is 3. The van der Waals surface area contributed by atoms with Crippen LogP contribution in [-0.4, -0.2) is 35.1 Å². The number of rotatable bonds is 3. The summed E-state index contributed by atoms with van der Waals surface area (Å²) < 4.78 is 5.72. The highest BCUT2D eigenvalue weighted by molar-refractivity contribution is 6.31. The molecule has 0 radical (unpaired) electrons. The van der Waals surface area contributed by atoms with Crippen LogP contribution in [0.15, 0.2) is 24.3 Å². The van der Waals surface area contributed by atoms with Crippen LogP contribution in [0.5, 0.6) is 0 Å². The van der Waals surface area contributed by atoms with Gasteiger partial charge < -0.3 is 15.0 Å². The number of halogens is 1. The number of carbonyl (C=O) groups excluding carboxylic acids is 2. The normalized spacial score (nSPS) is 30.3. The molecule has 3 aliphatic rings.